The van der Waals surface area contributed by atoms with Crippen LogP contribution in [0.2, 0.25) is 0 Å². The Kier molecular flexibility index (Phi) is 5.06. The summed E-state index contributed by atoms with van der Waals surface area (Å²) < 4.78 is 5.28. The van der Waals surface area contributed by atoms with Crippen LogP contribution < -0.4 is 4.90 Å². The predicted octanol–water partition coefficient (Wildman–Crippen LogP) is 3.82. The molecule has 0 fully saturated rings. The highest BCUT2D eigenvalue weighted by molar-refractivity contribution is 7.14. The van der Waals surface area contributed by atoms with Crippen molar-refractivity contribution in [1.82, 2.24) is 0 Å². The number of carbonyl (C=O) groups is 3. The quantitative estimate of drug-likeness (QED) is 0.568. The molecular formula is C22H23NO4S. The average molecular weight is 397 g/mol. The van der Waals surface area contributed by atoms with Gasteiger partial charge in [-0.05, 0) is 60.6 Å². The van der Waals surface area contributed by atoms with Gasteiger partial charge in [-0.25, -0.2) is 4.79 Å². The molecule has 1 aromatic carbocycles. The number of benzene rings is 1. The van der Waals surface area contributed by atoms with Crippen LogP contribution in [0.25, 0.3) is 0 Å². The number of fused-ring (bicyclic) bond motifs is 2. The highest BCUT2D eigenvalue weighted by Gasteiger charge is 2.26. The number of ether oxygens (including phenoxy) is 1. The second kappa shape index (κ2) is 7.51. The van der Waals surface area contributed by atoms with Crippen molar-refractivity contribution in [3.8, 4) is 0 Å². The number of amides is 1. The molecule has 2 heterocycles. The van der Waals surface area contributed by atoms with Crippen molar-refractivity contribution in [3.05, 3.63) is 50.7 Å². The maximum atomic E-state index is 12.4. The van der Waals surface area contributed by atoms with Gasteiger partial charge >= 0.3 is 5.97 Å². The zero-order valence-electron chi connectivity index (χ0n) is 16.1. The summed E-state index contributed by atoms with van der Waals surface area (Å²) in [6, 6.07) is 7.11. The first-order valence-electron chi connectivity index (χ1n) is 9.67. The SMILES string of the molecule is CC[C@@H]1CCc2sc(C(=O)OCC(=O)c3ccc4c(c3)CC(=O)N4C)cc2C1. The van der Waals surface area contributed by atoms with Crippen LogP contribution in [0.5, 0.6) is 0 Å². The van der Waals surface area contributed by atoms with Gasteiger partial charge < -0.3 is 9.64 Å². The summed E-state index contributed by atoms with van der Waals surface area (Å²) in [6.45, 7) is 1.91. The van der Waals surface area contributed by atoms with Gasteiger partial charge in [-0.3, -0.25) is 9.59 Å². The summed E-state index contributed by atoms with van der Waals surface area (Å²) in [5.74, 6) is 0.0127. The fourth-order valence-corrected chi connectivity index (χ4v) is 5.08. The third-order valence-corrected chi connectivity index (χ3v) is 6.99. The number of hydrogen-bond acceptors (Lipinski definition) is 5. The van der Waals surface area contributed by atoms with E-state index in [4.69, 9.17) is 4.74 Å². The molecule has 2 aromatic rings. The van der Waals surface area contributed by atoms with Crippen molar-refractivity contribution in [2.75, 3.05) is 18.6 Å². The van der Waals surface area contributed by atoms with Crippen molar-refractivity contribution in [2.45, 2.75) is 39.0 Å². The number of likely N-dealkylation sites (N-methyl/N-ethyl adjacent to an activating group) is 1. The van der Waals surface area contributed by atoms with E-state index in [2.05, 4.69) is 6.92 Å². The topological polar surface area (TPSA) is 63.7 Å². The number of anilines is 1. The molecule has 0 N–H and O–H groups in total. The average Bonchev–Trinajstić information content (AvgIpc) is 3.25. The molecule has 0 saturated carbocycles. The van der Waals surface area contributed by atoms with Gasteiger partial charge in [-0.2, -0.15) is 0 Å². The van der Waals surface area contributed by atoms with E-state index in [1.54, 1.807) is 30.1 Å². The largest absolute Gasteiger partial charge is 0.453 e. The molecule has 28 heavy (non-hydrogen) atoms. The summed E-state index contributed by atoms with van der Waals surface area (Å²) >= 11 is 1.49. The van der Waals surface area contributed by atoms with E-state index < -0.39 is 5.97 Å². The third-order valence-electron chi connectivity index (χ3n) is 5.78. The fourth-order valence-electron chi connectivity index (χ4n) is 3.98. The minimum atomic E-state index is -0.433. The zero-order chi connectivity index (χ0) is 19.8. The van der Waals surface area contributed by atoms with Crippen LogP contribution in [0, 0.1) is 5.92 Å². The van der Waals surface area contributed by atoms with E-state index in [0.717, 1.165) is 30.5 Å². The van der Waals surface area contributed by atoms with Gasteiger partial charge in [-0.1, -0.05) is 13.3 Å². The number of aryl methyl sites for hydroxylation is 1. The highest BCUT2D eigenvalue weighted by atomic mass is 32.1. The molecule has 6 heteroatoms. The molecule has 1 aromatic heterocycles. The lowest BCUT2D eigenvalue weighted by atomic mass is 9.87. The molecule has 4 rings (SSSR count). The molecule has 5 nitrogen and oxygen atoms in total. The first-order valence-corrected chi connectivity index (χ1v) is 10.5. The van der Waals surface area contributed by atoms with Crippen molar-refractivity contribution in [1.29, 1.82) is 0 Å². The normalized spacial score (nSPS) is 18.0. The number of Topliss-reactive ketones (excluding diaryl/α,β-unsaturated/α-hetero) is 1. The lowest BCUT2D eigenvalue weighted by Gasteiger charge is -2.19. The van der Waals surface area contributed by atoms with E-state index in [-0.39, 0.29) is 18.3 Å². The second-order valence-electron chi connectivity index (χ2n) is 7.55. The summed E-state index contributed by atoms with van der Waals surface area (Å²) in [4.78, 5) is 40.1. The first kappa shape index (κ1) is 18.9. The molecule has 1 atom stereocenters. The maximum Gasteiger partial charge on any atom is 0.348 e. The summed E-state index contributed by atoms with van der Waals surface area (Å²) in [7, 11) is 1.72. The minimum Gasteiger partial charge on any atom is -0.453 e. The molecule has 0 radical (unpaired) electrons. The Morgan fingerprint density at radius 2 is 2.07 bits per heavy atom. The Morgan fingerprint density at radius 1 is 1.25 bits per heavy atom. The van der Waals surface area contributed by atoms with E-state index in [1.807, 2.05) is 6.07 Å². The molecule has 0 spiro atoms. The minimum absolute atomic E-state index is 0.0120. The van der Waals surface area contributed by atoms with Gasteiger partial charge in [0.15, 0.2) is 12.4 Å². The fraction of sp³-hybridized carbons (Fsp3) is 0.409. The summed E-state index contributed by atoms with van der Waals surface area (Å²) in [5, 5.41) is 0. The van der Waals surface area contributed by atoms with Gasteiger partial charge in [0.25, 0.3) is 0 Å². The van der Waals surface area contributed by atoms with E-state index in [9.17, 15) is 14.4 Å². The molecule has 146 valence electrons. The highest BCUT2D eigenvalue weighted by Crippen LogP contribution is 2.34. The van der Waals surface area contributed by atoms with E-state index in [1.165, 1.54) is 28.2 Å². The second-order valence-corrected chi connectivity index (χ2v) is 8.69. The van der Waals surface area contributed by atoms with Crippen molar-refractivity contribution >= 4 is 34.7 Å². The zero-order valence-corrected chi connectivity index (χ0v) is 16.9. The van der Waals surface area contributed by atoms with Crippen LogP contribution in [0.3, 0.4) is 0 Å². The lowest BCUT2D eigenvalue weighted by molar-refractivity contribution is -0.117. The molecule has 1 aliphatic heterocycles. The molecule has 1 amide bonds. The molecular weight excluding hydrogens is 374 g/mol. The number of carbonyl (C=O) groups excluding carboxylic acids is 3. The van der Waals surface area contributed by atoms with Gasteiger partial charge in [0, 0.05) is 23.2 Å². The Morgan fingerprint density at radius 3 is 2.86 bits per heavy atom. The lowest BCUT2D eigenvalue weighted by Crippen LogP contribution is -2.20. The van der Waals surface area contributed by atoms with Crippen LogP contribution in [0.1, 0.15) is 55.8 Å². The van der Waals surface area contributed by atoms with Gasteiger partial charge in [0.05, 0.1) is 6.42 Å². The van der Waals surface area contributed by atoms with Crippen LogP contribution in [-0.4, -0.2) is 31.3 Å². The summed E-state index contributed by atoms with van der Waals surface area (Å²) in [5.41, 5.74) is 3.38. The smallest absolute Gasteiger partial charge is 0.348 e. The van der Waals surface area contributed by atoms with Gasteiger partial charge in [0.2, 0.25) is 5.91 Å². The number of thiophene rings is 1. The molecule has 0 unspecified atom stereocenters. The molecule has 0 saturated heterocycles. The maximum absolute atomic E-state index is 12.4. The molecule has 0 bridgehead atoms. The third kappa shape index (κ3) is 3.49. The Labute approximate surface area is 168 Å². The Hall–Kier alpha value is -2.47. The van der Waals surface area contributed by atoms with E-state index >= 15 is 0 Å². The van der Waals surface area contributed by atoms with E-state index in [0.29, 0.717) is 22.8 Å². The van der Waals surface area contributed by atoms with Crippen molar-refractivity contribution < 1.29 is 19.1 Å². The van der Waals surface area contributed by atoms with Crippen LogP contribution in [0.4, 0.5) is 5.69 Å². The Bertz CT molecular complexity index is 961. The predicted molar refractivity (Wildman–Crippen MR) is 108 cm³/mol. The summed E-state index contributed by atoms with van der Waals surface area (Å²) in [6.07, 6.45) is 4.68. The molecule has 1 aliphatic carbocycles. The number of rotatable bonds is 5. The van der Waals surface area contributed by atoms with Gasteiger partial charge in [-0.15, -0.1) is 11.3 Å². The van der Waals surface area contributed by atoms with Gasteiger partial charge in [0.1, 0.15) is 4.88 Å². The van der Waals surface area contributed by atoms with Crippen LogP contribution in [-0.2, 0) is 28.8 Å². The number of hydrogen-bond donors (Lipinski definition) is 0. The number of ketones is 1. The van der Waals surface area contributed by atoms with Crippen molar-refractivity contribution in [3.63, 3.8) is 0 Å². The first-order chi connectivity index (χ1) is 13.5. The standard InChI is InChI=1S/C22H23NO4S/c1-3-13-4-7-19-16(8-13)10-20(28-19)22(26)27-12-18(24)14-5-6-17-15(9-14)11-21(25)23(17)2/h5-6,9-10,13H,3-4,7-8,11-12H2,1-2H3/t13-/m1/s1. The Balaban J connectivity index is 1.39. The van der Waals surface area contributed by atoms with Crippen molar-refractivity contribution in [2.24, 2.45) is 5.92 Å². The molecule has 2 aliphatic rings. The number of esters is 1. The van der Waals surface area contributed by atoms with Crippen LogP contribution >= 0.6 is 11.3 Å². The monoisotopic (exact) mass is 397 g/mol. The van der Waals surface area contributed by atoms with Crippen LogP contribution in [0.15, 0.2) is 24.3 Å². The number of nitrogens with zero attached hydrogens (tertiary/aromatic N) is 1.